The van der Waals surface area contributed by atoms with E-state index in [4.69, 9.17) is 10.5 Å². The molecule has 1 amide bonds. The van der Waals surface area contributed by atoms with Crippen LogP contribution in [0.3, 0.4) is 0 Å². The minimum atomic E-state index is -0.0210. The highest BCUT2D eigenvalue weighted by Crippen LogP contribution is 2.35. The summed E-state index contributed by atoms with van der Waals surface area (Å²) in [5, 5.41) is 2.95. The van der Waals surface area contributed by atoms with Crippen LogP contribution >= 0.6 is 0 Å². The van der Waals surface area contributed by atoms with E-state index in [1.165, 1.54) is 0 Å². The van der Waals surface area contributed by atoms with Gasteiger partial charge in [-0.15, -0.1) is 0 Å². The van der Waals surface area contributed by atoms with Crippen molar-refractivity contribution in [3.63, 3.8) is 0 Å². The van der Waals surface area contributed by atoms with E-state index in [1.54, 1.807) is 0 Å². The van der Waals surface area contributed by atoms with Gasteiger partial charge in [-0.25, -0.2) is 0 Å². The normalized spacial score (nSPS) is 12.5. The van der Waals surface area contributed by atoms with Gasteiger partial charge in [0, 0.05) is 26.2 Å². The highest BCUT2D eigenvalue weighted by atomic mass is 16.5. The summed E-state index contributed by atoms with van der Waals surface area (Å²) >= 11 is 0. The largest absolute Gasteiger partial charge is 0.382 e. The van der Waals surface area contributed by atoms with Crippen LogP contribution in [0, 0.1) is 10.8 Å². The predicted molar refractivity (Wildman–Crippen MR) is 80.0 cm³/mol. The van der Waals surface area contributed by atoms with Gasteiger partial charge in [0.05, 0.1) is 0 Å². The lowest BCUT2D eigenvalue weighted by Crippen LogP contribution is -2.34. The fraction of sp³-hybridized carbons (Fsp3) is 0.933. The second-order valence-corrected chi connectivity index (χ2v) is 6.79. The molecule has 0 radical (unpaired) electrons. The van der Waals surface area contributed by atoms with Gasteiger partial charge in [-0.2, -0.15) is 0 Å². The number of hydrogen-bond donors (Lipinski definition) is 2. The molecule has 0 heterocycles. The number of rotatable bonds is 10. The molecule has 0 bridgehead atoms. The fourth-order valence-electron chi connectivity index (χ4n) is 2.47. The minimum absolute atomic E-state index is 0.0210. The van der Waals surface area contributed by atoms with Gasteiger partial charge in [0.25, 0.3) is 0 Å². The molecule has 0 unspecified atom stereocenters. The average Bonchev–Trinajstić information content (AvgIpc) is 2.26. The Morgan fingerprint density at radius 2 is 1.84 bits per heavy atom. The highest BCUT2D eigenvalue weighted by molar-refractivity contribution is 5.76. The fourth-order valence-corrected chi connectivity index (χ4v) is 2.47. The molecule has 3 N–H and O–H groups in total. The standard InChI is InChI=1S/C15H32N2O2/c1-6-19-9-7-8-17-13(18)10-14(2,3)11-15(4,5)12-16/h6-12,16H2,1-5H3,(H,17,18). The molecule has 0 aromatic carbocycles. The van der Waals surface area contributed by atoms with Crippen molar-refractivity contribution in [1.82, 2.24) is 5.32 Å². The summed E-state index contributed by atoms with van der Waals surface area (Å²) in [5.41, 5.74) is 5.82. The Morgan fingerprint density at radius 3 is 2.37 bits per heavy atom. The van der Waals surface area contributed by atoms with Crippen LogP contribution in [0.5, 0.6) is 0 Å². The average molecular weight is 272 g/mol. The molecule has 0 fully saturated rings. The van der Waals surface area contributed by atoms with Crippen LogP contribution in [-0.4, -0.2) is 32.2 Å². The van der Waals surface area contributed by atoms with Gasteiger partial charge >= 0.3 is 0 Å². The maximum Gasteiger partial charge on any atom is 0.220 e. The monoisotopic (exact) mass is 272 g/mol. The summed E-state index contributed by atoms with van der Waals surface area (Å²) in [6, 6.07) is 0. The molecule has 114 valence electrons. The third-order valence-corrected chi connectivity index (χ3v) is 3.14. The number of carbonyl (C=O) groups excluding carboxylic acids is 1. The van der Waals surface area contributed by atoms with E-state index in [0.717, 1.165) is 19.4 Å². The van der Waals surface area contributed by atoms with E-state index in [0.29, 0.717) is 26.1 Å². The van der Waals surface area contributed by atoms with Crippen molar-refractivity contribution in [2.45, 2.75) is 53.9 Å². The minimum Gasteiger partial charge on any atom is -0.382 e. The molecule has 4 nitrogen and oxygen atoms in total. The number of carbonyl (C=O) groups is 1. The maximum atomic E-state index is 11.9. The van der Waals surface area contributed by atoms with Crippen LogP contribution in [-0.2, 0) is 9.53 Å². The Labute approximate surface area is 118 Å². The van der Waals surface area contributed by atoms with Gasteiger partial charge in [-0.1, -0.05) is 27.7 Å². The summed E-state index contributed by atoms with van der Waals surface area (Å²) in [4.78, 5) is 11.9. The van der Waals surface area contributed by atoms with E-state index >= 15 is 0 Å². The Kier molecular flexibility index (Phi) is 8.26. The molecular weight excluding hydrogens is 240 g/mol. The zero-order chi connectivity index (χ0) is 14.9. The maximum absolute atomic E-state index is 11.9. The van der Waals surface area contributed by atoms with Gasteiger partial charge in [0.15, 0.2) is 0 Å². The van der Waals surface area contributed by atoms with Crippen LogP contribution in [0.15, 0.2) is 0 Å². The van der Waals surface area contributed by atoms with Crippen molar-refractivity contribution < 1.29 is 9.53 Å². The molecule has 0 rings (SSSR count). The van der Waals surface area contributed by atoms with Crippen molar-refractivity contribution in [2.24, 2.45) is 16.6 Å². The van der Waals surface area contributed by atoms with Crippen molar-refractivity contribution in [3.05, 3.63) is 0 Å². The Bertz CT molecular complexity index is 263. The molecule has 0 saturated carbocycles. The number of ether oxygens (including phenoxy) is 1. The summed E-state index contributed by atoms with van der Waals surface area (Å²) in [6.45, 7) is 13.3. The first-order valence-corrected chi connectivity index (χ1v) is 7.27. The lowest BCUT2D eigenvalue weighted by atomic mass is 9.73. The Balaban J connectivity index is 3.96. The smallest absolute Gasteiger partial charge is 0.220 e. The molecule has 0 atom stereocenters. The van der Waals surface area contributed by atoms with Gasteiger partial charge in [-0.05, 0) is 37.1 Å². The number of amides is 1. The molecule has 0 aliphatic heterocycles. The van der Waals surface area contributed by atoms with Gasteiger partial charge < -0.3 is 15.8 Å². The lowest BCUT2D eigenvalue weighted by Gasteiger charge is -2.33. The molecule has 0 aliphatic rings. The van der Waals surface area contributed by atoms with Crippen molar-refractivity contribution in [3.8, 4) is 0 Å². The van der Waals surface area contributed by atoms with E-state index in [1.807, 2.05) is 6.92 Å². The summed E-state index contributed by atoms with van der Waals surface area (Å²) in [5.74, 6) is 0.120. The molecule has 0 aliphatic carbocycles. The predicted octanol–water partition coefficient (Wildman–Crippen LogP) is 2.32. The molecule has 0 aromatic heterocycles. The molecule has 0 saturated heterocycles. The first-order valence-electron chi connectivity index (χ1n) is 7.27. The molecule has 19 heavy (non-hydrogen) atoms. The van der Waals surface area contributed by atoms with Gasteiger partial charge in [0.2, 0.25) is 5.91 Å². The second kappa shape index (κ2) is 8.54. The van der Waals surface area contributed by atoms with Gasteiger partial charge in [-0.3, -0.25) is 4.79 Å². The first-order chi connectivity index (χ1) is 8.72. The number of hydrogen-bond acceptors (Lipinski definition) is 3. The van der Waals surface area contributed by atoms with Crippen LogP contribution in [0.4, 0.5) is 0 Å². The lowest BCUT2D eigenvalue weighted by molar-refractivity contribution is -0.123. The second-order valence-electron chi connectivity index (χ2n) is 6.79. The van der Waals surface area contributed by atoms with E-state index in [-0.39, 0.29) is 16.7 Å². The van der Waals surface area contributed by atoms with E-state index in [9.17, 15) is 4.79 Å². The summed E-state index contributed by atoms with van der Waals surface area (Å²) in [6.07, 6.45) is 2.36. The Hall–Kier alpha value is -0.610. The third-order valence-electron chi connectivity index (χ3n) is 3.14. The Morgan fingerprint density at radius 1 is 1.21 bits per heavy atom. The highest BCUT2D eigenvalue weighted by Gasteiger charge is 2.29. The van der Waals surface area contributed by atoms with Crippen LogP contribution in [0.1, 0.15) is 53.9 Å². The SMILES string of the molecule is CCOCCCNC(=O)CC(C)(C)CC(C)(C)CN. The van der Waals surface area contributed by atoms with Crippen molar-refractivity contribution >= 4 is 5.91 Å². The van der Waals surface area contributed by atoms with E-state index in [2.05, 4.69) is 33.0 Å². The third kappa shape index (κ3) is 9.91. The molecular formula is C15H32N2O2. The summed E-state index contributed by atoms with van der Waals surface area (Å²) < 4.78 is 5.23. The van der Waals surface area contributed by atoms with Crippen LogP contribution < -0.4 is 11.1 Å². The molecule has 0 spiro atoms. The number of nitrogens with two attached hydrogens (primary N) is 1. The van der Waals surface area contributed by atoms with Gasteiger partial charge in [0.1, 0.15) is 0 Å². The zero-order valence-electron chi connectivity index (χ0n) is 13.3. The number of nitrogens with one attached hydrogen (secondary N) is 1. The topological polar surface area (TPSA) is 64.3 Å². The van der Waals surface area contributed by atoms with Crippen molar-refractivity contribution in [1.29, 1.82) is 0 Å². The first kappa shape index (κ1) is 18.4. The van der Waals surface area contributed by atoms with Crippen molar-refractivity contribution in [2.75, 3.05) is 26.3 Å². The quantitative estimate of drug-likeness (QED) is 0.600. The molecule has 4 heteroatoms. The molecule has 0 aromatic rings. The zero-order valence-corrected chi connectivity index (χ0v) is 13.3. The summed E-state index contributed by atoms with van der Waals surface area (Å²) in [7, 11) is 0. The van der Waals surface area contributed by atoms with Crippen LogP contribution in [0.2, 0.25) is 0 Å². The van der Waals surface area contributed by atoms with E-state index < -0.39 is 0 Å². The van der Waals surface area contributed by atoms with Crippen LogP contribution in [0.25, 0.3) is 0 Å².